The first-order chi connectivity index (χ1) is 11.4. The van der Waals surface area contributed by atoms with E-state index in [4.69, 9.17) is 9.47 Å². The van der Waals surface area contributed by atoms with Crippen LogP contribution in [0, 0.1) is 0 Å². The highest BCUT2D eigenvalue weighted by molar-refractivity contribution is 6.82. The Kier molecular flexibility index (Phi) is 5.98. The minimum Gasteiger partial charge on any atom is -0.497 e. The predicted octanol–water partition coefficient (Wildman–Crippen LogP) is 4.42. The van der Waals surface area contributed by atoms with Gasteiger partial charge in [0.25, 0.3) is 0 Å². The molecule has 3 nitrogen and oxygen atoms in total. The maximum Gasteiger partial charge on any atom is 0.337 e. The fourth-order valence-corrected chi connectivity index (χ4v) is 2.80. The third-order valence-corrected chi connectivity index (χ3v) is 5.86. The lowest BCUT2D eigenvalue weighted by molar-refractivity contribution is 0.0600. The van der Waals surface area contributed by atoms with Crippen molar-refractivity contribution in [1.82, 2.24) is 0 Å². The number of rotatable bonds is 7. The van der Waals surface area contributed by atoms with Crippen LogP contribution in [-0.2, 0) is 11.2 Å². The molecule has 2 aromatic rings. The summed E-state index contributed by atoms with van der Waals surface area (Å²) >= 11 is 0. The Balaban J connectivity index is 1.96. The first-order valence-electron chi connectivity index (χ1n) is 7.96. The van der Waals surface area contributed by atoms with E-state index in [1.807, 2.05) is 30.0 Å². The number of ether oxygens (including phenoxy) is 2. The average Bonchev–Trinajstić information content (AvgIpc) is 2.61. The van der Waals surface area contributed by atoms with Gasteiger partial charge in [-0.3, -0.25) is 0 Å². The number of benzene rings is 2. The van der Waals surface area contributed by atoms with E-state index < -0.39 is 8.07 Å². The smallest absolute Gasteiger partial charge is 0.337 e. The van der Waals surface area contributed by atoms with Gasteiger partial charge in [0.05, 0.1) is 18.9 Å². The molecule has 0 radical (unpaired) electrons. The molecule has 2 aromatic carbocycles. The summed E-state index contributed by atoms with van der Waals surface area (Å²) in [6, 6.07) is 15.7. The highest BCUT2D eigenvalue weighted by Crippen LogP contribution is 2.17. The topological polar surface area (TPSA) is 35.5 Å². The van der Waals surface area contributed by atoms with Gasteiger partial charge in [0.15, 0.2) is 0 Å². The molecule has 0 amide bonds. The van der Waals surface area contributed by atoms with Gasteiger partial charge >= 0.3 is 5.97 Å². The number of methoxy groups -OCH3 is 1. The molecule has 0 aromatic heterocycles. The van der Waals surface area contributed by atoms with Gasteiger partial charge in [0, 0.05) is 0 Å². The summed E-state index contributed by atoms with van der Waals surface area (Å²) in [5, 5.41) is 0. The summed E-state index contributed by atoms with van der Waals surface area (Å²) in [5.74, 6) is 0.580. The Hall–Kier alpha value is -2.33. The molecule has 0 heterocycles. The third-order valence-electron chi connectivity index (χ3n) is 3.87. The summed E-state index contributed by atoms with van der Waals surface area (Å²) in [4.78, 5) is 11.4. The number of carbonyl (C=O) groups excluding carboxylic acids is 1. The van der Waals surface area contributed by atoms with Crippen molar-refractivity contribution >= 4 is 14.0 Å². The number of hydrogen-bond donors (Lipinski definition) is 0. The zero-order valence-electron chi connectivity index (χ0n) is 14.5. The molecule has 0 aliphatic carbocycles. The molecule has 4 heteroatoms. The van der Waals surface area contributed by atoms with Gasteiger partial charge in [-0.1, -0.05) is 43.1 Å². The van der Waals surface area contributed by atoms with Gasteiger partial charge in [-0.05, 0) is 41.8 Å². The fraction of sp³-hybridized carbons (Fsp3) is 0.250. The van der Waals surface area contributed by atoms with Crippen LogP contribution in [0.25, 0.3) is 0 Å². The average molecular weight is 340 g/mol. The van der Waals surface area contributed by atoms with Gasteiger partial charge in [0.2, 0.25) is 0 Å². The maximum atomic E-state index is 11.4. The molecule has 0 spiro atoms. The summed E-state index contributed by atoms with van der Waals surface area (Å²) in [6.45, 7) is 8.34. The lowest BCUT2D eigenvalue weighted by Crippen LogP contribution is -2.31. The number of esters is 1. The zero-order chi connectivity index (χ0) is 17.6. The van der Waals surface area contributed by atoms with Crippen LogP contribution < -0.4 is 4.74 Å². The van der Waals surface area contributed by atoms with Gasteiger partial charge in [-0.2, -0.15) is 0 Å². The summed E-state index contributed by atoms with van der Waals surface area (Å²) in [5.41, 5.74) is 4.96. The lowest BCUT2D eigenvalue weighted by Gasteiger charge is -2.17. The van der Waals surface area contributed by atoms with Crippen molar-refractivity contribution in [1.29, 1.82) is 0 Å². The van der Waals surface area contributed by atoms with Gasteiger partial charge in [-0.15, -0.1) is 6.58 Å². The molecule has 0 aliphatic rings. The van der Waals surface area contributed by atoms with Crippen molar-refractivity contribution in [3.05, 3.63) is 77.5 Å². The van der Waals surface area contributed by atoms with Crippen LogP contribution >= 0.6 is 0 Å². The highest BCUT2D eigenvalue weighted by atomic mass is 28.3. The van der Waals surface area contributed by atoms with Crippen LogP contribution in [0.1, 0.15) is 21.5 Å². The predicted molar refractivity (Wildman–Crippen MR) is 100 cm³/mol. The molecular formula is C20H24O3Si. The van der Waals surface area contributed by atoms with Crippen molar-refractivity contribution < 1.29 is 14.3 Å². The lowest BCUT2D eigenvalue weighted by atomic mass is 10.0. The van der Waals surface area contributed by atoms with Crippen LogP contribution in [0.5, 0.6) is 5.75 Å². The molecule has 0 unspecified atom stereocenters. The third kappa shape index (κ3) is 5.10. The maximum absolute atomic E-state index is 11.4. The minimum absolute atomic E-state index is 0.311. The second-order valence-corrected chi connectivity index (χ2v) is 11.2. The molecule has 0 N–H and O–H groups in total. The molecule has 0 saturated heterocycles. The highest BCUT2D eigenvalue weighted by Gasteiger charge is 2.16. The van der Waals surface area contributed by atoms with E-state index >= 15 is 0 Å². The van der Waals surface area contributed by atoms with Crippen LogP contribution in [0.4, 0.5) is 0 Å². The number of hydrogen-bond acceptors (Lipinski definition) is 3. The molecule has 0 aliphatic heterocycles. The Morgan fingerprint density at radius 1 is 1.04 bits per heavy atom. The van der Waals surface area contributed by atoms with E-state index in [2.05, 4.69) is 31.8 Å². The Morgan fingerprint density at radius 3 is 2.08 bits per heavy atom. The van der Waals surface area contributed by atoms with E-state index in [0.717, 1.165) is 24.0 Å². The summed E-state index contributed by atoms with van der Waals surface area (Å²) in [6.07, 6.45) is 1.56. The van der Waals surface area contributed by atoms with E-state index in [1.54, 1.807) is 12.1 Å². The van der Waals surface area contributed by atoms with Crippen LogP contribution in [0.15, 0.2) is 60.8 Å². The summed E-state index contributed by atoms with van der Waals surface area (Å²) in [7, 11) is -0.0612. The van der Waals surface area contributed by atoms with Crippen molar-refractivity contribution in [3.63, 3.8) is 0 Å². The van der Waals surface area contributed by atoms with Crippen molar-refractivity contribution in [3.8, 4) is 5.75 Å². The molecule has 2 rings (SSSR count). The van der Waals surface area contributed by atoms with Crippen molar-refractivity contribution in [2.24, 2.45) is 0 Å². The number of carbonyl (C=O) groups is 1. The first kappa shape index (κ1) is 18.0. The quantitative estimate of drug-likeness (QED) is 0.553. The zero-order valence-corrected chi connectivity index (χ0v) is 15.5. The first-order valence-corrected chi connectivity index (χ1v) is 11.2. The molecular weight excluding hydrogens is 316 g/mol. The fourth-order valence-electron chi connectivity index (χ4n) is 2.14. The molecule has 0 bridgehead atoms. The van der Waals surface area contributed by atoms with E-state index in [9.17, 15) is 4.79 Å². The Labute approximate surface area is 144 Å². The standard InChI is InChI=1S/C20H24O3Si/c1-5-24(3,4)15-23-19-12-8-17(9-13-19)14-16-6-10-18(11-7-16)20(21)22-2/h5-13H,1,14-15H2,2-4H3. The second-order valence-electron chi connectivity index (χ2n) is 6.49. The summed E-state index contributed by atoms with van der Waals surface area (Å²) < 4.78 is 10.6. The van der Waals surface area contributed by atoms with Crippen molar-refractivity contribution in [2.45, 2.75) is 19.5 Å². The second kappa shape index (κ2) is 7.97. The molecule has 126 valence electrons. The molecule has 24 heavy (non-hydrogen) atoms. The molecule has 0 atom stereocenters. The molecule has 0 fully saturated rings. The normalized spacial score (nSPS) is 11.0. The van der Waals surface area contributed by atoms with Crippen LogP contribution in [0.2, 0.25) is 13.1 Å². The monoisotopic (exact) mass is 340 g/mol. The van der Waals surface area contributed by atoms with E-state index in [-0.39, 0.29) is 5.97 Å². The Morgan fingerprint density at radius 2 is 1.58 bits per heavy atom. The van der Waals surface area contributed by atoms with Gasteiger partial charge in [-0.25, -0.2) is 4.79 Å². The minimum atomic E-state index is -1.45. The van der Waals surface area contributed by atoms with Gasteiger partial charge < -0.3 is 9.47 Å². The molecule has 0 saturated carbocycles. The SMILES string of the molecule is C=C[Si](C)(C)COc1ccc(Cc2ccc(C(=O)OC)cc2)cc1. The largest absolute Gasteiger partial charge is 0.497 e. The Bertz CT molecular complexity index is 688. The van der Waals surface area contributed by atoms with E-state index in [1.165, 1.54) is 12.7 Å². The van der Waals surface area contributed by atoms with Gasteiger partial charge in [0.1, 0.15) is 13.8 Å². The van der Waals surface area contributed by atoms with E-state index in [0.29, 0.717) is 5.56 Å². The van der Waals surface area contributed by atoms with Crippen LogP contribution in [0.3, 0.4) is 0 Å². The van der Waals surface area contributed by atoms with Crippen molar-refractivity contribution in [2.75, 3.05) is 13.3 Å². The van der Waals surface area contributed by atoms with Crippen LogP contribution in [-0.4, -0.2) is 27.4 Å².